The van der Waals surface area contributed by atoms with E-state index in [9.17, 15) is 8.78 Å². The molecule has 1 aromatic rings. The third-order valence-electron chi connectivity index (χ3n) is 3.08. The lowest BCUT2D eigenvalue weighted by molar-refractivity contribution is 0.205. The number of hydrogen-bond donors (Lipinski definition) is 1. The van der Waals surface area contributed by atoms with Crippen LogP contribution in [0.2, 0.25) is 0 Å². The molecule has 1 aromatic carbocycles. The van der Waals surface area contributed by atoms with Gasteiger partial charge in [-0.3, -0.25) is 4.90 Å². The summed E-state index contributed by atoms with van der Waals surface area (Å²) in [5.41, 5.74) is 0.542. The Balaban J connectivity index is 2.87. The Labute approximate surface area is 101 Å². The lowest BCUT2D eigenvalue weighted by atomic mass is 10.1. The molecule has 0 aromatic heterocycles. The molecule has 0 aliphatic rings. The van der Waals surface area contributed by atoms with E-state index in [2.05, 4.69) is 18.7 Å². The predicted molar refractivity (Wildman–Crippen MR) is 63.9 cm³/mol. The van der Waals surface area contributed by atoms with E-state index in [0.29, 0.717) is 18.2 Å². The van der Waals surface area contributed by atoms with Crippen molar-refractivity contribution in [1.29, 1.82) is 0 Å². The van der Waals surface area contributed by atoms with Crippen molar-refractivity contribution >= 4 is 0 Å². The monoisotopic (exact) mass is 243 g/mol. The third-order valence-corrected chi connectivity index (χ3v) is 3.08. The zero-order chi connectivity index (χ0) is 13.0. The number of hydrogen-bond acceptors (Lipinski definition) is 2. The molecule has 0 radical (unpaired) electrons. The molecule has 0 heterocycles. The molecule has 17 heavy (non-hydrogen) atoms. The Bertz CT molecular complexity index is 359. The fraction of sp³-hybridized carbons (Fsp3) is 0.538. The molecule has 96 valence electrons. The second-order valence-electron chi connectivity index (χ2n) is 4.23. The molecular formula is C13H19F2NO. The molecule has 4 heteroatoms. The van der Waals surface area contributed by atoms with E-state index in [4.69, 9.17) is 5.11 Å². The van der Waals surface area contributed by atoms with Gasteiger partial charge in [0.25, 0.3) is 0 Å². The van der Waals surface area contributed by atoms with Crippen molar-refractivity contribution in [3.8, 4) is 5.75 Å². The molecule has 0 bridgehead atoms. The van der Waals surface area contributed by atoms with Crippen LogP contribution in [0.1, 0.15) is 32.8 Å². The maximum Gasteiger partial charge on any atom is 0.187 e. The van der Waals surface area contributed by atoms with Gasteiger partial charge in [-0.1, -0.05) is 13.8 Å². The summed E-state index contributed by atoms with van der Waals surface area (Å²) in [6, 6.07) is 2.73. The van der Waals surface area contributed by atoms with Crippen LogP contribution in [0.25, 0.3) is 0 Å². The minimum absolute atomic E-state index is 0.361. The molecule has 1 N–H and O–H groups in total. The van der Waals surface area contributed by atoms with E-state index >= 15 is 0 Å². The lowest BCUT2D eigenvalue weighted by Gasteiger charge is -2.27. The van der Waals surface area contributed by atoms with Crippen molar-refractivity contribution < 1.29 is 13.9 Å². The molecule has 0 spiro atoms. The summed E-state index contributed by atoms with van der Waals surface area (Å²) in [7, 11) is 0. The largest absolute Gasteiger partial charge is 0.503 e. The zero-order valence-corrected chi connectivity index (χ0v) is 10.5. The molecule has 0 fully saturated rings. The standard InChI is InChI=1S/C13H19F2NO/c1-4-9(3)16(5-2)8-10-6-11(14)13(17)12(15)7-10/h6-7,9,17H,4-5,8H2,1-3H3. The molecule has 1 unspecified atom stereocenters. The van der Waals surface area contributed by atoms with Crippen LogP contribution in [0.5, 0.6) is 5.75 Å². The number of phenols is 1. The maximum atomic E-state index is 13.2. The number of rotatable bonds is 5. The van der Waals surface area contributed by atoms with Crippen LogP contribution >= 0.6 is 0 Å². The van der Waals surface area contributed by atoms with Crippen molar-refractivity contribution in [2.24, 2.45) is 0 Å². The van der Waals surface area contributed by atoms with E-state index in [1.807, 2.05) is 6.92 Å². The molecule has 1 atom stereocenters. The first-order valence-electron chi connectivity index (χ1n) is 5.90. The second kappa shape index (κ2) is 5.96. The number of aromatic hydroxyl groups is 1. The SMILES string of the molecule is CCC(C)N(CC)Cc1cc(F)c(O)c(F)c1. The number of nitrogens with zero attached hydrogens (tertiary/aromatic N) is 1. The molecule has 0 aliphatic carbocycles. The highest BCUT2D eigenvalue weighted by Crippen LogP contribution is 2.22. The summed E-state index contributed by atoms with van der Waals surface area (Å²) >= 11 is 0. The van der Waals surface area contributed by atoms with Crippen molar-refractivity contribution in [1.82, 2.24) is 4.90 Å². The summed E-state index contributed by atoms with van der Waals surface area (Å²) in [6.45, 7) is 7.47. The van der Waals surface area contributed by atoms with Gasteiger partial charge in [0.2, 0.25) is 0 Å². The Morgan fingerprint density at radius 3 is 2.18 bits per heavy atom. The average molecular weight is 243 g/mol. The van der Waals surface area contributed by atoms with Gasteiger partial charge in [0.1, 0.15) is 0 Å². The third kappa shape index (κ3) is 3.40. The minimum atomic E-state index is -0.903. The Morgan fingerprint density at radius 1 is 1.24 bits per heavy atom. The molecule has 1 rings (SSSR count). The quantitative estimate of drug-likeness (QED) is 0.857. The van der Waals surface area contributed by atoms with Crippen molar-refractivity contribution in [2.75, 3.05) is 6.54 Å². The van der Waals surface area contributed by atoms with Crippen LogP contribution in [0.4, 0.5) is 8.78 Å². The highest BCUT2D eigenvalue weighted by molar-refractivity contribution is 5.30. The zero-order valence-electron chi connectivity index (χ0n) is 10.5. The van der Waals surface area contributed by atoms with Gasteiger partial charge in [-0.25, -0.2) is 8.78 Å². The van der Waals surface area contributed by atoms with E-state index in [1.165, 1.54) is 12.1 Å². The molecule has 0 saturated carbocycles. The maximum absolute atomic E-state index is 13.2. The molecule has 0 amide bonds. The highest BCUT2D eigenvalue weighted by atomic mass is 19.1. The van der Waals surface area contributed by atoms with Gasteiger partial charge in [0.05, 0.1) is 0 Å². The van der Waals surface area contributed by atoms with Gasteiger partial charge in [-0.2, -0.15) is 0 Å². The second-order valence-corrected chi connectivity index (χ2v) is 4.23. The first-order chi connectivity index (χ1) is 7.99. The van der Waals surface area contributed by atoms with Crippen molar-refractivity contribution in [3.05, 3.63) is 29.3 Å². The summed E-state index contributed by atoms with van der Waals surface area (Å²) < 4.78 is 26.3. The van der Waals surface area contributed by atoms with Crippen LogP contribution in [-0.2, 0) is 6.54 Å². The number of phenolic OH excluding ortho intramolecular Hbond substituents is 1. The molecule has 2 nitrogen and oxygen atoms in total. The number of halogens is 2. The highest BCUT2D eigenvalue weighted by Gasteiger charge is 2.14. The topological polar surface area (TPSA) is 23.5 Å². The van der Waals surface area contributed by atoms with E-state index < -0.39 is 17.4 Å². The van der Waals surface area contributed by atoms with E-state index in [-0.39, 0.29) is 0 Å². The first-order valence-corrected chi connectivity index (χ1v) is 5.90. The predicted octanol–water partition coefficient (Wildman–Crippen LogP) is 3.29. The van der Waals surface area contributed by atoms with Crippen LogP contribution in [-0.4, -0.2) is 22.6 Å². The van der Waals surface area contributed by atoms with Gasteiger partial charge in [0.15, 0.2) is 17.4 Å². The van der Waals surface area contributed by atoms with Crippen molar-refractivity contribution in [3.63, 3.8) is 0 Å². The summed E-state index contributed by atoms with van der Waals surface area (Å²) in [4.78, 5) is 2.13. The first kappa shape index (κ1) is 13.9. The Morgan fingerprint density at radius 2 is 1.76 bits per heavy atom. The van der Waals surface area contributed by atoms with Gasteiger partial charge in [0, 0.05) is 12.6 Å². The molecule has 0 saturated heterocycles. The normalized spacial score (nSPS) is 13.1. The summed E-state index contributed by atoms with van der Waals surface area (Å²) in [5.74, 6) is -2.71. The molecule has 0 aliphatic heterocycles. The molecular weight excluding hydrogens is 224 g/mol. The van der Waals surface area contributed by atoms with Crippen LogP contribution in [0.3, 0.4) is 0 Å². The van der Waals surface area contributed by atoms with Gasteiger partial charge in [-0.15, -0.1) is 0 Å². The Hall–Kier alpha value is -1.16. The van der Waals surface area contributed by atoms with E-state index in [1.54, 1.807) is 0 Å². The Kier molecular flexibility index (Phi) is 4.87. The fourth-order valence-corrected chi connectivity index (χ4v) is 1.78. The number of benzene rings is 1. The lowest BCUT2D eigenvalue weighted by Crippen LogP contribution is -2.31. The van der Waals surface area contributed by atoms with Crippen LogP contribution < -0.4 is 0 Å². The van der Waals surface area contributed by atoms with Gasteiger partial charge in [-0.05, 0) is 37.6 Å². The summed E-state index contributed by atoms with van der Waals surface area (Å²) in [5, 5.41) is 9.01. The fourth-order valence-electron chi connectivity index (χ4n) is 1.78. The summed E-state index contributed by atoms with van der Waals surface area (Å²) in [6.07, 6.45) is 0.983. The minimum Gasteiger partial charge on any atom is -0.503 e. The average Bonchev–Trinajstić information content (AvgIpc) is 2.31. The van der Waals surface area contributed by atoms with Gasteiger partial charge >= 0.3 is 0 Å². The van der Waals surface area contributed by atoms with Gasteiger partial charge < -0.3 is 5.11 Å². The van der Waals surface area contributed by atoms with Crippen LogP contribution in [0, 0.1) is 11.6 Å². The van der Waals surface area contributed by atoms with Crippen LogP contribution in [0.15, 0.2) is 12.1 Å². The van der Waals surface area contributed by atoms with Crippen molar-refractivity contribution in [2.45, 2.75) is 39.8 Å². The smallest absolute Gasteiger partial charge is 0.187 e. The van der Waals surface area contributed by atoms with E-state index in [0.717, 1.165) is 13.0 Å².